The number of likely N-dealkylation sites (N-methyl/N-ethyl adjacent to an activating group) is 1. The Morgan fingerprint density at radius 1 is 1.29 bits per heavy atom. The van der Waals surface area contributed by atoms with E-state index in [2.05, 4.69) is 4.72 Å². The Hall–Kier alpha value is -0.700. The Kier molecular flexibility index (Phi) is 7.28. The lowest BCUT2D eigenvalue weighted by molar-refractivity contribution is -0.137. The Bertz CT molecular complexity index is 329. The monoisotopic (exact) mass is 267 g/mol. The van der Waals surface area contributed by atoms with E-state index in [1.807, 2.05) is 6.92 Å². The maximum Gasteiger partial charge on any atom is 0.318 e. The molecule has 0 radical (unpaired) electrons. The van der Waals surface area contributed by atoms with Gasteiger partial charge >= 0.3 is 5.97 Å². The molecule has 0 atom stereocenters. The predicted molar refractivity (Wildman–Crippen MR) is 65.0 cm³/mol. The first kappa shape index (κ1) is 16.3. The summed E-state index contributed by atoms with van der Waals surface area (Å²) in [5, 5.41) is 8.69. The van der Waals surface area contributed by atoms with Crippen LogP contribution in [0.2, 0.25) is 0 Å². The molecule has 7 nitrogen and oxygen atoms in total. The molecule has 0 unspecified atom stereocenters. The highest BCUT2D eigenvalue weighted by Crippen LogP contribution is 1.98. The van der Waals surface area contributed by atoms with Crippen molar-refractivity contribution in [3.63, 3.8) is 0 Å². The average Bonchev–Trinajstić information content (AvgIpc) is 2.20. The van der Waals surface area contributed by atoms with Crippen LogP contribution in [0, 0.1) is 0 Å². The second kappa shape index (κ2) is 7.59. The Morgan fingerprint density at radius 2 is 1.88 bits per heavy atom. The van der Waals surface area contributed by atoms with E-state index < -0.39 is 22.7 Å². The molecule has 0 saturated carbocycles. The van der Waals surface area contributed by atoms with Gasteiger partial charge in [-0.3, -0.25) is 4.79 Å². The smallest absolute Gasteiger partial charge is 0.318 e. The van der Waals surface area contributed by atoms with Gasteiger partial charge in [-0.05, 0) is 20.5 Å². The van der Waals surface area contributed by atoms with Gasteiger partial charge in [-0.1, -0.05) is 6.92 Å². The van der Waals surface area contributed by atoms with Gasteiger partial charge in [0.05, 0.1) is 0 Å². The van der Waals surface area contributed by atoms with Crippen LogP contribution in [-0.4, -0.2) is 69.0 Å². The Morgan fingerprint density at radius 3 is 2.29 bits per heavy atom. The lowest BCUT2D eigenvalue weighted by Crippen LogP contribution is -2.46. The van der Waals surface area contributed by atoms with Crippen molar-refractivity contribution in [1.82, 2.24) is 13.9 Å². The number of carboxylic acids is 1. The fourth-order valence-corrected chi connectivity index (χ4v) is 2.32. The maximum atomic E-state index is 11.8. The number of rotatable bonds is 9. The average molecular weight is 267 g/mol. The van der Waals surface area contributed by atoms with Crippen molar-refractivity contribution in [2.45, 2.75) is 13.3 Å². The number of carboxylic acid groups (broad SMARTS) is 1. The van der Waals surface area contributed by atoms with E-state index in [9.17, 15) is 13.2 Å². The molecule has 0 aliphatic rings. The molecule has 0 bridgehead atoms. The van der Waals surface area contributed by atoms with Gasteiger partial charge in [-0.15, -0.1) is 0 Å². The molecule has 0 aromatic rings. The summed E-state index contributed by atoms with van der Waals surface area (Å²) in [4.78, 5) is 12.4. The van der Waals surface area contributed by atoms with Gasteiger partial charge < -0.3 is 10.0 Å². The van der Waals surface area contributed by atoms with E-state index in [1.54, 1.807) is 19.0 Å². The molecule has 102 valence electrons. The molecule has 0 rings (SSSR count). The van der Waals surface area contributed by atoms with Crippen LogP contribution in [0.3, 0.4) is 0 Å². The zero-order chi connectivity index (χ0) is 13.5. The zero-order valence-electron chi connectivity index (χ0n) is 10.5. The molecule has 0 amide bonds. The molecule has 0 aromatic heterocycles. The van der Waals surface area contributed by atoms with Gasteiger partial charge in [-0.2, -0.15) is 12.7 Å². The molecule has 0 aliphatic carbocycles. The Labute approximate surface area is 103 Å². The molecule has 0 heterocycles. The van der Waals surface area contributed by atoms with Crippen molar-refractivity contribution in [2.24, 2.45) is 0 Å². The molecular weight excluding hydrogens is 246 g/mol. The highest BCUT2D eigenvalue weighted by molar-refractivity contribution is 7.87. The standard InChI is InChI=1S/C9H21N3O4S/c1-4-5-10-17(15,16)12(8-9(13)14)7-6-11(2)3/h10H,4-8H2,1-3H3,(H,13,14). The van der Waals surface area contributed by atoms with Crippen LogP contribution in [0.15, 0.2) is 0 Å². The quantitative estimate of drug-likeness (QED) is 0.569. The fourth-order valence-electron chi connectivity index (χ4n) is 1.07. The summed E-state index contributed by atoms with van der Waals surface area (Å²) in [7, 11) is -0.106. The second-order valence-electron chi connectivity index (χ2n) is 3.93. The highest BCUT2D eigenvalue weighted by atomic mass is 32.2. The van der Waals surface area contributed by atoms with E-state index in [0.29, 0.717) is 19.5 Å². The summed E-state index contributed by atoms with van der Waals surface area (Å²) in [6.45, 7) is 2.25. The van der Waals surface area contributed by atoms with Crippen LogP contribution in [0.5, 0.6) is 0 Å². The van der Waals surface area contributed by atoms with Gasteiger partial charge in [0.1, 0.15) is 6.54 Å². The number of nitrogens with zero attached hydrogens (tertiary/aromatic N) is 2. The molecule has 0 fully saturated rings. The maximum absolute atomic E-state index is 11.8. The first-order valence-corrected chi connectivity index (χ1v) is 6.85. The molecular formula is C9H21N3O4S. The summed E-state index contributed by atoms with van der Waals surface area (Å²) in [5.41, 5.74) is 0. The number of nitrogens with one attached hydrogen (secondary N) is 1. The Balaban J connectivity index is 4.59. The minimum atomic E-state index is -3.70. The van der Waals surface area contributed by atoms with Gasteiger partial charge in [0.25, 0.3) is 10.2 Å². The SMILES string of the molecule is CCCNS(=O)(=O)N(CCN(C)C)CC(=O)O. The first-order valence-electron chi connectivity index (χ1n) is 5.41. The summed E-state index contributed by atoms with van der Waals surface area (Å²) in [6, 6.07) is 0. The highest BCUT2D eigenvalue weighted by Gasteiger charge is 2.23. The number of aliphatic carboxylic acids is 1. The van der Waals surface area contributed by atoms with Crippen LogP contribution in [0.4, 0.5) is 0 Å². The van der Waals surface area contributed by atoms with Crippen molar-refractivity contribution in [1.29, 1.82) is 0 Å². The zero-order valence-corrected chi connectivity index (χ0v) is 11.3. The minimum Gasteiger partial charge on any atom is -0.480 e. The topological polar surface area (TPSA) is 90.0 Å². The minimum absolute atomic E-state index is 0.151. The normalized spacial score (nSPS) is 12.3. The second-order valence-corrected chi connectivity index (χ2v) is 5.69. The van der Waals surface area contributed by atoms with Gasteiger partial charge in [0.15, 0.2) is 0 Å². The summed E-state index contributed by atoms with van der Waals surface area (Å²) in [6.07, 6.45) is 0.661. The largest absolute Gasteiger partial charge is 0.480 e. The number of carbonyl (C=O) groups is 1. The molecule has 2 N–H and O–H groups in total. The molecule has 0 saturated heterocycles. The lowest BCUT2D eigenvalue weighted by atomic mass is 10.5. The van der Waals surface area contributed by atoms with Crippen LogP contribution in [0.1, 0.15) is 13.3 Å². The third kappa shape index (κ3) is 7.27. The molecule has 8 heteroatoms. The van der Waals surface area contributed by atoms with Crippen LogP contribution < -0.4 is 4.72 Å². The van der Waals surface area contributed by atoms with E-state index in [4.69, 9.17) is 5.11 Å². The van der Waals surface area contributed by atoms with Crippen LogP contribution in [-0.2, 0) is 15.0 Å². The van der Waals surface area contributed by atoms with Crippen molar-refractivity contribution >= 4 is 16.2 Å². The molecule has 0 spiro atoms. The molecule has 0 aliphatic heterocycles. The van der Waals surface area contributed by atoms with Gasteiger partial charge in [-0.25, -0.2) is 4.72 Å². The summed E-state index contributed by atoms with van der Waals surface area (Å²) < 4.78 is 26.8. The molecule has 0 aromatic carbocycles. The van der Waals surface area contributed by atoms with Crippen molar-refractivity contribution < 1.29 is 18.3 Å². The summed E-state index contributed by atoms with van der Waals surface area (Å²) >= 11 is 0. The van der Waals surface area contributed by atoms with E-state index >= 15 is 0 Å². The van der Waals surface area contributed by atoms with Gasteiger partial charge in [0, 0.05) is 19.6 Å². The lowest BCUT2D eigenvalue weighted by Gasteiger charge is -2.22. The third-order valence-corrected chi connectivity index (χ3v) is 3.54. The van der Waals surface area contributed by atoms with E-state index in [0.717, 1.165) is 4.31 Å². The third-order valence-electron chi connectivity index (χ3n) is 1.98. The predicted octanol–water partition coefficient (Wildman–Crippen LogP) is -0.821. The first-order chi connectivity index (χ1) is 7.79. The van der Waals surface area contributed by atoms with Crippen LogP contribution >= 0.6 is 0 Å². The fraction of sp³-hybridized carbons (Fsp3) is 0.889. The number of hydrogen-bond donors (Lipinski definition) is 2. The summed E-state index contributed by atoms with van der Waals surface area (Å²) in [5.74, 6) is -1.16. The van der Waals surface area contributed by atoms with Crippen LogP contribution in [0.25, 0.3) is 0 Å². The van der Waals surface area contributed by atoms with Crippen molar-refractivity contribution in [3.8, 4) is 0 Å². The van der Waals surface area contributed by atoms with E-state index in [1.165, 1.54) is 0 Å². The van der Waals surface area contributed by atoms with Crippen molar-refractivity contribution in [3.05, 3.63) is 0 Å². The molecule has 17 heavy (non-hydrogen) atoms. The van der Waals surface area contributed by atoms with Crippen molar-refractivity contribution in [2.75, 3.05) is 40.3 Å². The number of hydrogen-bond acceptors (Lipinski definition) is 4. The van der Waals surface area contributed by atoms with Gasteiger partial charge in [0.2, 0.25) is 0 Å². The van der Waals surface area contributed by atoms with E-state index in [-0.39, 0.29) is 6.54 Å².